The number of nitrogens with one attached hydrogen (secondary N) is 1. The van der Waals surface area contributed by atoms with Crippen LogP contribution in [-0.2, 0) is 4.74 Å². The van der Waals surface area contributed by atoms with E-state index in [4.69, 9.17) is 10.5 Å². The molecule has 0 aromatic heterocycles. The predicted molar refractivity (Wildman–Crippen MR) is 52.8 cm³/mol. The second-order valence-electron chi connectivity index (χ2n) is 4.36. The topological polar surface area (TPSA) is 64.3 Å². The lowest BCUT2D eigenvalue weighted by Gasteiger charge is -2.22. The number of carbonyl (C=O) groups is 1. The Labute approximate surface area is 92.3 Å². The van der Waals surface area contributed by atoms with Crippen molar-refractivity contribution in [3.8, 4) is 0 Å². The smallest absolute Gasteiger partial charge is 0.407 e. The molecule has 1 amide bonds. The first-order chi connectivity index (χ1) is 7.06. The minimum atomic E-state index is -4.41. The minimum Gasteiger partial charge on any atom is -0.444 e. The quantitative estimate of drug-likeness (QED) is 0.790. The van der Waals surface area contributed by atoms with Gasteiger partial charge in [0.15, 0.2) is 0 Å². The number of alkyl halides is 3. The standard InChI is InChI=1S/C9H17F3N2O2/c1-8(2,3)16-7(15)14-5-6(4-13)9(10,11)12/h6H,4-5,13H2,1-3H3,(H,14,15)/t6-/m0/s1. The van der Waals surface area contributed by atoms with Crippen molar-refractivity contribution >= 4 is 6.09 Å². The van der Waals surface area contributed by atoms with Crippen LogP contribution in [0.2, 0.25) is 0 Å². The summed E-state index contributed by atoms with van der Waals surface area (Å²) in [6.45, 7) is 3.72. The van der Waals surface area contributed by atoms with E-state index in [0.29, 0.717) is 0 Å². The van der Waals surface area contributed by atoms with Crippen molar-refractivity contribution in [2.45, 2.75) is 32.5 Å². The van der Waals surface area contributed by atoms with Crippen LogP contribution in [0, 0.1) is 5.92 Å². The van der Waals surface area contributed by atoms with Crippen molar-refractivity contribution in [1.29, 1.82) is 0 Å². The zero-order valence-electron chi connectivity index (χ0n) is 9.52. The van der Waals surface area contributed by atoms with Gasteiger partial charge in [0.1, 0.15) is 5.60 Å². The molecular weight excluding hydrogens is 225 g/mol. The van der Waals surface area contributed by atoms with E-state index in [9.17, 15) is 18.0 Å². The summed E-state index contributed by atoms with van der Waals surface area (Å²) in [5, 5.41) is 2.04. The van der Waals surface area contributed by atoms with Crippen LogP contribution in [0.25, 0.3) is 0 Å². The highest BCUT2D eigenvalue weighted by Crippen LogP contribution is 2.24. The van der Waals surface area contributed by atoms with Crippen LogP contribution in [-0.4, -0.2) is 31.0 Å². The Kier molecular flexibility index (Phi) is 5.05. The number of rotatable bonds is 3. The Morgan fingerprint density at radius 2 is 1.88 bits per heavy atom. The van der Waals surface area contributed by atoms with Crippen LogP contribution >= 0.6 is 0 Å². The molecule has 0 heterocycles. The van der Waals surface area contributed by atoms with Crippen molar-refractivity contribution < 1.29 is 22.7 Å². The van der Waals surface area contributed by atoms with Gasteiger partial charge in [0.25, 0.3) is 0 Å². The Hall–Kier alpha value is -0.980. The summed E-state index contributed by atoms with van der Waals surface area (Å²) in [4.78, 5) is 11.1. The lowest BCUT2D eigenvalue weighted by atomic mass is 10.1. The molecule has 7 heteroatoms. The van der Waals surface area contributed by atoms with Crippen LogP contribution in [0.15, 0.2) is 0 Å². The number of carbonyl (C=O) groups excluding carboxylic acids is 1. The molecule has 0 rings (SSSR count). The van der Waals surface area contributed by atoms with Gasteiger partial charge in [-0.2, -0.15) is 13.2 Å². The average Bonchev–Trinajstić information content (AvgIpc) is 1.98. The first kappa shape index (κ1) is 15.0. The molecule has 0 spiro atoms. The minimum absolute atomic E-state index is 0.570. The molecule has 0 fully saturated rings. The van der Waals surface area contributed by atoms with Crippen molar-refractivity contribution in [2.24, 2.45) is 11.7 Å². The largest absolute Gasteiger partial charge is 0.444 e. The lowest BCUT2D eigenvalue weighted by Crippen LogP contribution is -2.42. The zero-order chi connectivity index (χ0) is 13.0. The highest BCUT2D eigenvalue weighted by Gasteiger charge is 2.38. The summed E-state index contributed by atoms with van der Waals surface area (Å²) >= 11 is 0. The highest BCUT2D eigenvalue weighted by atomic mass is 19.4. The third-order valence-electron chi connectivity index (χ3n) is 1.64. The number of amides is 1. The van der Waals surface area contributed by atoms with Crippen LogP contribution in [0.4, 0.5) is 18.0 Å². The van der Waals surface area contributed by atoms with Crippen LogP contribution in [0.5, 0.6) is 0 Å². The van der Waals surface area contributed by atoms with Crippen LogP contribution in [0.1, 0.15) is 20.8 Å². The van der Waals surface area contributed by atoms with E-state index in [1.807, 2.05) is 5.32 Å². The lowest BCUT2D eigenvalue weighted by molar-refractivity contribution is -0.170. The van der Waals surface area contributed by atoms with Crippen LogP contribution < -0.4 is 11.1 Å². The zero-order valence-corrected chi connectivity index (χ0v) is 9.52. The molecule has 0 aliphatic rings. The fourth-order valence-corrected chi connectivity index (χ4v) is 0.853. The van der Waals surface area contributed by atoms with Gasteiger partial charge in [-0.05, 0) is 20.8 Å². The van der Waals surface area contributed by atoms with E-state index in [1.165, 1.54) is 0 Å². The Bertz CT molecular complexity index is 236. The van der Waals surface area contributed by atoms with Gasteiger partial charge in [-0.3, -0.25) is 0 Å². The van der Waals surface area contributed by atoms with E-state index in [-0.39, 0.29) is 0 Å². The fourth-order valence-electron chi connectivity index (χ4n) is 0.853. The Morgan fingerprint density at radius 1 is 1.38 bits per heavy atom. The van der Waals surface area contributed by atoms with Gasteiger partial charge < -0.3 is 15.8 Å². The Morgan fingerprint density at radius 3 is 2.19 bits per heavy atom. The van der Waals surface area contributed by atoms with E-state index < -0.39 is 36.9 Å². The highest BCUT2D eigenvalue weighted by molar-refractivity contribution is 5.67. The molecule has 0 aromatic rings. The molecule has 0 aliphatic heterocycles. The average molecular weight is 242 g/mol. The monoisotopic (exact) mass is 242 g/mol. The second kappa shape index (κ2) is 5.38. The van der Waals surface area contributed by atoms with E-state index >= 15 is 0 Å². The van der Waals surface area contributed by atoms with E-state index in [0.717, 1.165) is 0 Å². The maximum Gasteiger partial charge on any atom is 0.407 e. The number of nitrogens with two attached hydrogens (primary N) is 1. The molecule has 0 saturated heterocycles. The molecule has 96 valence electrons. The summed E-state index contributed by atoms with van der Waals surface area (Å²) in [5.41, 5.74) is 4.22. The predicted octanol–water partition coefficient (Wildman–Crippen LogP) is 1.65. The van der Waals surface area contributed by atoms with Gasteiger partial charge in [-0.15, -0.1) is 0 Å². The van der Waals surface area contributed by atoms with Crippen molar-refractivity contribution in [2.75, 3.05) is 13.1 Å². The fraction of sp³-hybridized carbons (Fsp3) is 0.889. The summed E-state index contributed by atoms with van der Waals surface area (Å²) < 4.78 is 41.5. The molecule has 0 bridgehead atoms. The van der Waals surface area contributed by atoms with Crippen LogP contribution in [0.3, 0.4) is 0 Å². The molecule has 0 saturated carbocycles. The van der Waals surface area contributed by atoms with Gasteiger partial charge in [0, 0.05) is 13.1 Å². The van der Waals surface area contributed by atoms with Gasteiger partial charge in [0.2, 0.25) is 0 Å². The SMILES string of the molecule is CC(C)(C)OC(=O)NC[C@H](CN)C(F)(F)F. The second-order valence-corrected chi connectivity index (χ2v) is 4.36. The number of ether oxygens (including phenoxy) is 1. The Balaban J connectivity index is 4.09. The molecule has 16 heavy (non-hydrogen) atoms. The molecule has 3 N–H and O–H groups in total. The molecule has 1 atom stereocenters. The molecule has 0 radical (unpaired) electrons. The number of hydrogen-bond donors (Lipinski definition) is 2. The van der Waals surface area contributed by atoms with E-state index in [1.54, 1.807) is 20.8 Å². The van der Waals surface area contributed by atoms with Gasteiger partial charge in [-0.25, -0.2) is 4.79 Å². The first-order valence-corrected chi connectivity index (χ1v) is 4.80. The molecular formula is C9H17F3N2O2. The maximum absolute atomic E-state index is 12.2. The maximum atomic E-state index is 12.2. The molecule has 4 nitrogen and oxygen atoms in total. The van der Waals surface area contributed by atoms with Gasteiger partial charge >= 0.3 is 12.3 Å². The molecule has 0 unspecified atom stereocenters. The first-order valence-electron chi connectivity index (χ1n) is 4.80. The molecule has 0 aromatic carbocycles. The van der Waals surface area contributed by atoms with Crippen molar-refractivity contribution in [3.05, 3.63) is 0 Å². The third-order valence-corrected chi connectivity index (χ3v) is 1.64. The summed E-state index contributed by atoms with van der Waals surface area (Å²) in [6, 6.07) is 0. The van der Waals surface area contributed by atoms with Crippen molar-refractivity contribution in [3.63, 3.8) is 0 Å². The summed E-state index contributed by atoms with van der Waals surface area (Å²) in [5.74, 6) is -1.75. The number of halogens is 3. The summed E-state index contributed by atoms with van der Waals surface area (Å²) in [7, 11) is 0. The van der Waals surface area contributed by atoms with Gasteiger partial charge in [-0.1, -0.05) is 0 Å². The normalized spacial score (nSPS) is 14.4. The third kappa shape index (κ3) is 6.49. The summed E-state index contributed by atoms with van der Waals surface area (Å²) in [6.07, 6.45) is -5.29. The molecule has 0 aliphatic carbocycles. The van der Waals surface area contributed by atoms with Crippen molar-refractivity contribution in [1.82, 2.24) is 5.32 Å². The number of hydrogen-bond acceptors (Lipinski definition) is 3. The van der Waals surface area contributed by atoms with E-state index in [2.05, 4.69) is 0 Å². The van der Waals surface area contributed by atoms with Gasteiger partial charge in [0.05, 0.1) is 5.92 Å². The number of alkyl carbamates (subject to hydrolysis) is 1.